The first-order valence-corrected chi connectivity index (χ1v) is 7.08. The molecule has 1 heterocycles. The van der Waals surface area contributed by atoms with Crippen LogP contribution in [0.1, 0.15) is 16.5 Å². The quantitative estimate of drug-likeness (QED) is 0.916. The van der Waals surface area contributed by atoms with E-state index < -0.39 is 0 Å². The zero-order valence-electron chi connectivity index (χ0n) is 10.0. The van der Waals surface area contributed by atoms with Gasteiger partial charge in [0, 0.05) is 9.35 Å². The maximum atomic E-state index is 13.7. The summed E-state index contributed by atoms with van der Waals surface area (Å²) >= 11 is 5.13. The second-order valence-corrected chi connectivity index (χ2v) is 5.55. The Morgan fingerprint density at radius 2 is 2.17 bits per heavy atom. The van der Waals surface area contributed by atoms with Crippen molar-refractivity contribution in [2.45, 2.75) is 6.04 Å². The fourth-order valence-corrected chi connectivity index (χ4v) is 3.56. The molecule has 1 atom stereocenters. The van der Waals surface area contributed by atoms with Crippen molar-refractivity contribution < 1.29 is 9.13 Å². The van der Waals surface area contributed by atoms with Gasteiger partial charge in [0.1, 0.15) is 0 Å². The maximum absolute atomic E-state index is 13.7. The molecule has 0 bridgehead atoms. The van der Waals surface area contributed by atoms with Crippen LogP contribution in [-0.2, 0) is 0 Å². The zero-order valence-corrected chi connectivity index (χ0v) is 12.4. The van der Waals surface area contributed by atoms with Crippen molar-refractivity contribution in [3.05, 3.63) is 50.4 Å². The van der Waals surface area contributed by atoms with E-state index in [4.69, 9.17) is 4.74 Å². The van der Waals surface area contributed by atoms with Crippen LogP contribution in [0.25, 0.3) is 0 Å². The summed E-state index contributed by atoms with van der Waals surface area (Å²) in [5.41, 5.74) is 0.874. The summed E-state index contributed by atoms with van der Waals surface area (Å²) in [7, 11) is 3.32. The molecule has 1 N–H and O–H groups in total. The maximum Gasteiger partial charge on any atom is 0.165 e. The van der Waals surface area contributed by atoms with E-state index in [1.54, 1.807) is 17.4 Å². The lowest BCUT2D eigenvalue weighted by molar-refractivity contribution is 0.386. The van der Waals surface area contributed by atoms with Crippen molar-refractivity contribution in [3.63, 3.8) is 0 Å². The molecule has 2 aromatic rings. The van der Waals surface area contributed by atoms with Gasteiger partial charge in [-0.3, -0.25) is 0 Å². The molecule has 96 valence electrons. The minimum atomic E-state index is -0.345. The van der Waals surface area contributed by atoms with Crippen LogP contribution in [0.5, 0.6) is 5.75 Å². The predicted molar refractivity (Wildman–Crippen MR) is 75.9 cm³/mol. The number of halogens is 2. The number of methoxy groups -OCH3 is 1. The third-order valence-electron chi connectivity index (χ3n) is 2.70. The molecule has 0 amide bonds. The molecular formula is C13H13BrFNOS. The molecule has 0 radical (unpaired) electrons. The number of hydrogen-bond donors (Lipinski definition) is 1. The first-order valence-electron chi connectivity index (χ1n) is 5.41. The van der Waals surface area contributed by atoms with E-state index in [0.717, 1.165) is 14.9 Å². The van der Waals surface area contributed by atoms with E-state index in [1.165, 1.54) is 13.2 Å². The summed E-state index contributed by atoms with van der Waals surface area (Å²) in [5, 5.41) is 5.20. The van der Waals surface area contributed by atoms with Crippen molar-refractivity contribution in [2.75, 3.05) is 14.2 Å². The summed E-state index contributed by atoms with van der Waals surface area (Å²) < 4.78 is 19.7. The standard InChI is InChI=1S/C13H13BrFNOS/c1-16-12(13-9(14)5-6-18-13)8-3-4-11(17-2)10(15)7-8/h3-7,12,16H,1-2H3. The highest BCUT2D eigenvalue weighted by atomic mass is 79.9. The molecule has 5 heteroatoms. The second kappa shape index (κ2) is 5.82. The van der Waals surface area contributed by atoms with Crippen LogP contribution in [0, 0.1) is 5.82 Å². The minimum Gasteiger partial charge on any atom is -0.494 e. The van der Waals surface area contributed by atoms with Gasteiger partial charge in [-0.1, -0.05) is 6.07 Å². The van der Waals surface area contributed by atoms with Crippen molar-refractivity contribution in [3.8, 4) is 5.75 Å². The summed E-state index contributed by atoms with van der Waals surface area (Å²) in [5.74, 6) is -0.0817. The molecule has 0 fully saturated rings. The van der Waals surface area contributed by atoms with Gasteiger partial charge >= 0.3 is 0 Å². The Kier molecular flexibility index (Phi) is 4.37. The molecule has 0 saturated carbocycles. The fourth-order valence-electron chi connectivity index (χ4n) is 1.82. The molecule has 2 nitrogen and oxygen atoms in total. The molecule has 0 aliphatic carbocycles. The number of hydrogen-bond acceptors (Lipinski definition) is 3. The van der Waals surface area contributed by atoms with E-state index in [2.05, 4.69) is 21.2 Å². The van der Waals surface area contributed by atoms with Crippen LogP contribution < -0.4 is 10.1 Å². The topological polar surface area (TPSA) is 21.3 Å². The number of benzene rings is 1. The monoisotopic (exact) mass is 329 g/mol. The van der Waals surface area contributed by atoms with Gasteiger partial charge in [-0.25, -0.2) is 4.39 Å². The summed E-state index contributed by atoms with van der Waals surface area (Å²) in [6.45, 7) is 0. The van der Waals surface area contributed by atoms with Gasteiger partial charge < -0.3 is 10.1 Å². The molecule has 0 spiro atoms. The normalized spacial score (nSPS) is 12.4. The Balaban J connectivity index is 2.40. The number of thiophene rings is 1. The van der Waals surface area contributed by atoms with Crippen molar-refractivity contribution in [2.24, 2.45) is 0 Å². The molecule has 1 aromatic heterocycles. The Bertz CT molecular complexity index is 544. The summed E-state index contributed by atoms with van der Waals surface area (Å²) in [4.78, 5) is 1.13. The van der Waals surface area contributed by atoms with E-state index in [9.17, 15) is 4.39 Å². The smallest absolute Gasteiger partial charge is 0.165 e. The van der Waals surface area contributed by atoms with Crippen molar-refractivity contribution in [1.82, 2.24) is 5.32 Å². The minimum absolute atomic E-state index is 0.0280. The lowest BCUT2D eigenvalue weighted by Crippen LogP contribution is -2.17. The molecule has 1 aromatic carbocycles. The summed E-state index contributed by atoms with van der Waals surface area (Å²) in [6, 6.07) is 6.99. The number of nitrogens with one attached hydrogen (secondary N) is 1. The number of ether oxygens (including phenoxy) is 1. The van der Waals surface area contributed by atoms with Gasteiger partial charge in [0.2, 0.25) is 0 Å². The van der Waals surface area contributed by atoms with Crippen LogP contribution in [0.3, 0.4) is 0 Å². The van der Waals surface area contributed by atoms with Gasteiger partial charge in [-0.05, 0) is 52.1 Å². The van der Waals surface area contributed by atoms with Crippen molar-refractivity contribution in [1.29, 1.82) is 0 Å². The fraction of sp³-hybridized carbons (Fsp3) is 0.231. The lowest BCUT2D eigenvalue weighted by atomic mass is 10.1. The molecule has 0 aliphatic rings. The summed E-state index contributed by atoms with van der Waals surface area (Å²) in [6.07, 6.45) is 0. The highest BCUT2D eigenvalue weighted by Gasteiger charge is 2.17. The Labute approximate surface area is 118 Å². The Morgan fingerprint density at radius 1 is 1.39 bits per heavy atom. The van der Waals surface area contributed by atoms with E-state index in [-0.39, 0.29) is 17.6 Å². The van der Waals surface area contributed by atoms with Gasteiger partial charge in [0.25, 0.3) is 0 Å². The van der Waals surface area contributed by atoms with E-state index in [0.29, 0.717) is 0 Å². The van der Waals surface area contributed by atoms with Crippen molar-refractivity contribution >= 4 is 27.3 Å². The molecule has 18 heavy (non-hydrogen) atoms. The molecular weight excluding hydrogens is 317 g/mol. The SMILES string of the molecule is CNC(c1ccc(OC)c(F)c1)c1sccc1Br. The largest absolute Gasteiger partial charge is 0.494 e. The highest BCUT2D eigenvalue weighted by Crippen LogP contribution is 2.34. The second-order valence-electron chi connectivity index (χ2n) is 3.75. The average molecular weight is 330 g/mol. The first kappa shape index (κ1) is 13.5. The van der Waals surface area contributed by atoms with Gasteiger partial charge in [0.05, 0.1) is 13.2 Å². The Hall–Kier alpha value is -0.910. The first-order chi connectivity index (χ1) is 8.67. The van der Waals surface area contributed by atoms with E-state index >= 15 is 0 Å². The van der Waals surface area contributed by atoms with Gasteiger partial charge in [0.15, 0.2) is 11.6 Å². The lowest BCUT2D eigenvalue weighted by Gasteiger charge is -2.16. The van der Waals surface area contributed by atoms with Crippen LogP contribution in [-0.4, -0.2) is 14.2 Å². The Morgan fingerprint density at radius 3 is 2.67 bits per heavy atom. The molecule has 2 rings (SSSR count). The van der Waals surface area contributed by atoms with Crippen LogP contribution in [0.4, 0.5) is 4.39 Å². The van der Waals surface area contributed by atoms with Crippen LogP contribution >= 0.6 is 27.3 Å². The van der Waals surface area contributed by atoms with E-state index in [1.807, 2.05) is 24.6 Å². The van der Waals surface area contributed by atoms with Crippen LogP contribution in [0.15, 0.2) is 34.1 Å². The third kappa shape index (κ3) is 2.58. The highest BCUT2D eigenvalue weighted by molar-refractivity contribution is 9.10. The zero-order chi connectivity index (χ0) is 13.1. The number of rotatable bonds is 4. The molecule has 1 unspecified atom stereocenters. The third-order valence-corrected chi connectivity index (χ3v) is 4.64. The molecule has 0 saturated heterocycles. The van der Waals surface area contributed by atoms with Gasteiger partial charge in [-0.15, -0.1) is 11.3 Å². The molecule has 0 aliphatic heterocycles. The van der Waals surface area contributed by atoms with Crippen LogP contribution in [0.2, 0.25) is 0 Å². The predicted octanol–water partition coefficient (Wildman–Crippen LogP) is 3.97. The van der Waals surface area contributed by atoms with Gasteiger partial charge in [-0.2, -0.15) is 0 Å². The average Bonchev–Trinajstić information content (AvgIpc) is 2.77.